The molecule has 1 aromatic rings. The van der Waals surface area contributed by atoms with Crippen molar-refractivity contribution in [2.45, 2.75) is 39.0 Å². The highest BCUT2D eigenvalue weighted by Crippen LogP contribution is 2.47. The molecule has 3 nitrogen and oxygen atoms in total. The van der Waals surface area contributed by atoms with Crippen molar-refractivity contribution in [2.75, 3.05) is 26.2 Å². The van der Waals surface area contributed by atoms with Crippen LogP contribution in [0, 0.1) is 11.2 Å². The fraction of sp³-hybridized carbons (Fsp3) is 0.611. The number of likely N-dealkylation sites (tertiary alicyclic amines) is 1. The summed E-state index contributed by atoms with van der Waals surface area (Å²) < 4.78 is 13.6. The Balaban J connectivity index is 1.60. The van der Waals surface area contributed by atoms with E-state index < -0.39 is 0 Å². The van der Waals surface area contributed by atoms with Crippen LogP contribution in [0.1, 0.15) is 38.2 Å². The molecule has 1 N–H and O–H groups in total. The molecule has 0 unspecified atom stereocenters. The first-order valence-electron chi connectivity index (χ1n) is 8.49. The fourth-order valence-electron chi connectivity index (χ4n) is 3.61. The molecule has 1 aromatic carbocycles. The van der Waals surface area contributed by atoms with E-state index in [-0.39, 0.29) is 5.82 Å². The van der Waals surface area contributed by atoms with E-state index in [1.807, 2.05) is 12.1 Å². The van der Waals surface area contributed by atoms with Crippen LogP contribution in [0.15, 0.2) is 29.3 Å². The molecule has 4 heteroatoms. The zero-order valence-corrected chi connectivity index (χ0v) is 13.4. The Hall–Kier alpha value is -1.58. The van der Waals surface area contributed by atoms with Gasteiger partial charge in [-0.2, -0.15) is 0 Å². The lowest BCUT2D eigenvalue weighted by Crippen LogP contribution is -2.42. The average Bonchev–Trinajstić information content (AvgIpc) is 2.94. The summed E-state index contributed by atoms with van der Waals surface area (Å²) in [6.07, 6.45) is 6.08. The summed E-state index contributed by atoms with van der Waals surface area (Å²) >= 11 is 0. The smallest absolute Gasteiger partial charge is 0.193 e. The first-order chi connectivity index (χ1) is 10.7. The number of hydrogen-bond acceptors (Lipinski definition) is 1. The van der Waals surface area contributed by atoms with Gasteiger partial charge in [0.2, 0.25) is 0 Å². The number of rotatable bonds is 4. The first kappa shape index (κ1) is 15.3. The van der Waals surface area contributed by atoms with E-state index in [1.165, 1.54) is 31.7 Å². The van der Waals surface area contributed by atoms with Crippen LogP contribution in [-0.4, -0.2) is 37.0 Å². The number of hydrogen-bond donors (Lipinski definition) is 1. The van der Waals surface area contributed by atoms with Gasteiger partial charge < -0.3 is 10.2 Å². The fourth-order valence-corrected chi connectivity index (χ4v) is 3.61. The first-order valence-corrected chi connectivity index (χ1v) is 8.49. The Labute approximate surface area is 132 Å². The minimum absolute atomic E-state index is 0.128. The van der Waals surface area contributed by atoms with Crippen molar-refractivity contribution in [3.05, 3.63) is 35.6 Å². The van der Waals surface area contributed by atoms with E-state index in [0.29, 0.717) is 18.4 Å². The highest BCUT2D eigenvalue weighted by Gasteiger charge is 2.43. The summed E-state index contributed by atoms with van der Waals surface area (Å²) in [6, 6.07) is 6.98. The third kappa shape index (κ3) is 3.26. The number of benzene rings is 1. The maximum absolute atomic E-state index is 13.6. The average molecular weight is 303 g/mol. The van der Waals surface area contributed by atoms with Gasteiger partial charge in [-0.3, -0.25) is 4.99 Å². The Bertz CT molecular complexity index is 537. The van der Waals surface area contributed by atoms with Crippen molar-refractivity contribution >= 4 is 5.96 Å². The molecule has 0 amide bonds. The second kappa shape index (κ2) is 6.67. The summed E-state index contributed by atoms with van der Waals surface area (Å²) in [4.78, 5) is 7.11. The van der Waals surface area contributed by atoms with Gasteiger partial charge in [0, 0.05) is 26.2 Å². The van der Waals surface area contributed by atoms with Crippen LogP contribution in [0.25, 0.3) is 0 Å². The van der Waals surface area contributed by atoms with E-state index in [2.05, 4.69) is 17.1 Å². The van der Waals surface area contributed by atoms with Gasteiger partial charge >= 0.3 is 0 Å². The van der Waals surface area contributed by atoms with E-state index in [9.17, 15) is 4.39 Å². The van der Waals surface area contributed by atoms with Crippen molar-refractivity contribution in [3.8, 4) is 0 Å². The topological polar surface area (TPSA) is 27.6 Å². The van der Waals surface area contributed by atoms with Crippen molar-refractivity contribution in [2.24, 2.45) is 10.4 Å². The third-order valence-corrected chi connectivity index (χ3v) is 5.09. The third-order valence-electron chi connectivity index (χ3n) is 5.09. The van der Waals surface area contributed by atoms with Gasteiger partial charge in [0.05, 0.1) is 0 Å². The molecule has 2 fully saturated rings. The predicted octanol–water partition coefficient (Wildman–Crippen LogP) is 3.21. The second-order valence-electron chi connectivity index (χ2n) is 6.60. The van der Waals surface area contributed by atoms with Crippen molar-refractivity contribution in [1.29, 1.82) is 0 Å². The van der Waals surface area contributed by atoms with Crippen LogP contribution in [-0.2, 0) is 6.42 Å². The highest BCUT2D eigenvalue weighted by atomic mass is 19.1. The maximum Gasteiger partial charge on any atom is 0.193 e. The Kier molecular flexibility index (Phi) is 4.65. The largest absolute Gasteiger partial charge is 0.357 e. The molecule has 0 radical (unpaired) electrons. The molecule has 2 aliphatic rings. The monoisotopic (exact) mass is 303 g/mol. The molecule has 120 valence electrons. The summed E-state index contributed by atoms with van der Waals surface area (Å²) in [5.41, 5.74) is 1.32. The molecule has 1 aliphatic heterocycles. The SMILES string of the molecule is CCNC(=NCCc1ccccc1F)N1CCC2(CCC2)C1. The van der Waals surface area contributed by atoms with E-state index in [4.69, 9.17) is 4.99 Å². The van der Waals surface area contributed by atoms with Crippen LogP contribution < -0.4 is 5.32 Å². The summed E-state index contributed by atoms with van der Waals surface area (Å²) in [5.74, 6) is 0.875. The Morgan fingerprint density at radius 3 is 2.77 bits per heavy atom. The summed E-state index contributed by atoms with van der Waals surface area (Å²) in [6.45, 7) is 5.85. The number of guanidine groups is 1. The normalized spacial score (nSPS) is 20.3. The maximum atomic E-state index is 13.6. The lowest BCUT2D eigenvalue weighted by Gasteiger charge is -2.38. The van der Waals surface area contributed by atoms with Gasteiger partial charge in [-0.1, -0.05) is 24.6 Å². The molecule has 1 saturated carbocycles. The molecule has 1 aliphatic carbocycles. The molecule has 3 rings (SSSR count). The van der Waals surface area contributed by atoms with Crippen LogP contribution in [0.2, 0.25) is 0 Å². The lowest BCUT2D eigenvalue weighted by atomic mass is 9.68. The number of nitrogens with zero attached hydrogens (tertiary/aromatic N) is 2. The van der Waals surface area contributed by atoms with E-state index >= 15 is 0 Å². The Morgan fingerprint density at radius 2 is 2.14 bits per heavy atom. The minimum Gasteiger partial charge on any atom is -0.357 e. The lowest BCUT2D eigenvalue weighted by molar-refractivity contribution is 0.151. The summed E-state index contributed by atoms with van der Waals surface area (Å²) in [5, 5.41) is 3.39. The molecule has 0 aromatic heterocycles. The minimum atomic E-state index is -0.128. The van der Waals surface area contributed by atoms with Crippen LogP contribution in [0.3, 0.4) is 0 Å². The molecule has 1 spiro atoms. The molecule has 1 saturated heterocycles. The zero-order chi connectivity index (χ0) is 15.4. The van der Waals surface area contributed by atoms with Gasteiger partial charge in [0.15, 0.2) is 5.96 Å². The van der Waals surface area contributed by atoms with E-state index in [1.54, 1.807) is 6.07 Å². The van der Waals surface area contributed by atoms with Crippen molar-refractivity contribution in [3.63, 3.8) is 0 Å². The van der Waals surface area contributed by atoms with Gasteiger partial charge in [-0.05, 0) is 49.7 Å². The quantitative estimate of drug-likeness (QED) is 0.683. The van der Waals surface area contributed by atoms with E-state index in [0.717, 1.165) is 31.2 Å². The molecular formula is C18H26FN3. The molecule has 1 heterocycles. The van der Waals surface area contributed by atoms with Crippen LogP contribution in [0.5, 0.6) is 0 Å². The number of aliphatic imine (C=N–C) groups is 1. The van der Waals surface area contributed by atoms with Crippen LogP contribution in [0.4, 0.5) is 4.39 Å². The Morgan fingerprint density at radius 1 is 1.32 bits per heavy atom. The number of halogens is 1. The highest BCUT2D eigenvalue weighted by molar-refractivity contribution is 5.80. The molecule has 0 bridgehead atoms. The molecular weight excluding hydrogens is 277 g/mol. The predicted molar refractivity (Wildman–Crippen MR) is 88.6 cm³/mol. The zero-order valence-electron chi connectivity index (χ0n) is 13.4. The van der Waals surface area contributed by atoms with Crippen molar-refractivity contribution in [1.82, 2.24) is 10.2 Å². The standard InChI is InChI=1S/C18H26FN3/c1-2-20-17(22-13-11-18(14-22)9-5-10-18)21-12-8-15-6-3-4-7-16(15)19/h3-4,6-7H,2,5,8-14H2,1H3,(H,20,21). The van der Waals surface area contributed by atoms with Gasteiger partial charge in [0.1, 0.15) is 5.82 Å². The van der Waals surface area contributed by atoms with Crippen LogP contribution >= 0.6 is 0 Å². The summed E-state index contributed by atoms with van der Waals surface area (Å²) in [7, 11) is 0. The number of nitrogens with one attached hydrogen (secondary N) is 1. The van der Waals surface area contributed by atoms with Gasteiger partial charge in [-0.25, -0.2) is 4.39 Å². The molecule has 22 heavy (non-hydrogen) atoms. The molecule has 0 atom stereocenters. The van der Waals surface area contributed by atoms with Gasteiger partial charge in [0.25, 0.3) is 0 Å². The van der Waals surface area contributed by atoms with Crippen molar-refractivity contribution < 1.29 is 4.39 Å². The van der Waals surface area contributed by atoms with Gasteiger partial charge in [-0.15, -0.1) is 0 Å². The second-order valence-corrected chi connectivity index (χ2v) is 6.60.